The molecule has 4 rings (SSSR count). The topological polar surface area (TPSA) is 83.6 Å². The molecule has 1 aliphatic rings. The van der Waals surface area contributed by atoms with Crippen molar-refractivity contribution in [3.8, 4) is 11.4 Å². The number of aromatic amines is 1. The maximum atomic E-state index is 12.4. The van der Waals surface area contributed by atoms with Crippen LogP contribution < -0.4 is 5.32 Å². The first-order valence-electron chi connectivity index (χ1n) is 7.14. The third kappa shape index (κ3) is 2.85. The number of rotatable bonds is 4. The molecule has 116 valence electrons. The van der Waals surface area contributed by atoms with Gasteiger partial charge in [0.1, 0.15) is 4.88 Å². The average molecular weight is 346 g/mol. The Morgan fingerprint density at radius 3 is 2.96 bits per heavy atom. The molecular weight excluding hydrogens is 334 g/mol. The number of nitrogens with one attached hydrogen (secondary N) is 2. The van der Waals surface area contributed by atoms with E-state index in [9.17, 15) is 4.79 Å². The summed E-state index contributed by atoms with van der Waals surface area (Å²) >= 11 is 7.48. The Bertz CT molecular complexity index is 870. The van der Waals surface area contributed by atoms with Gasteiger partial charge >= 0.3 is 0 Å². The van der Waals surface area contributed by atoms with Crippen LogP contribution in [0, 0.1) is 0 Å². The van der Waals surface area contributed by atoms with E-state index in [4.69, 9.17) is 11.6 Å². The van der Waals surface area contributed by atoms with E-state index in [2.05, 4.69) is 25.5 Å². The molecule has 6 nitrogen and oxygen atoms in total. The van der Waals surface area contributed by atoms with Crippen LogP contribution in [0.25, 0.3) is 11.4 Å². The number of nitrogens with zero attached hydrogens (tertiary/aromatic N) is 3. The minimum absolute atomic E-state index is 0.222. The Labute approximate surface area is 140 Å². The first-order valence-corrected chi connectivity index (χ1v) is 8.40. The van der Waals surface area contributed by atoms with Crippen molar-refractivity contribution in [3.63, 3.8) is 0 Å². The van der Waals surface area contributed by atoms with Gasteiger partial charge in [-0.05, 0) is 25.0 Å². The second-order valence-corrected chi connectivity index (χ2v) is 6.54. The van der Waals surface area contributed by atoms with E-state index < -0.39 is 0 Å². The van der Waals surface area contributed by atoms with Crippen LogP contribution in [0.4, 0.5) is 5.95 Å². The van der Waals surface area contributed by atoms with Gasteiger partial charge in [0.2, 0.25) is 5.95 Å². The normalized spacial score (nSPS) is 14.0. The fourth-order valence-electron chi connectivity index (χ4n) is 2.32. The summed E-state index contributed by atoms with van der Waals surface area (Å²) in [6.07, 6.45) is 2.20. The highest BCUT2D eigenvalue weighted by Crippen LogP contribution is 2.41. The number of anilines is 1. The molecular formula is C15H12ClN5OS. The lowest BCUT2D eigenvalue weighted by Gasteiger charge is -2.00. The van der Waals surface area contributed by atoms with Gasteiger partial charge in [-0.3, -0.25) is 15.2 Å². The van der Waals surface area contributed by atoms with Gasteiger partial charge in [0.15, 0.2) is 5.82 Å². The number of thiazole rings is 1. The van der Waals surface area contributed by atoms with Gasteiger partial charge < -0.3 is 0 Å². The van der Waals surface area contributed by atoms with E-state index in [-0.39, 0.29) is 11.9 Å². The Hall–Kier alpha value is -2.25. The zero-order chi connectivity index (χ0) is 15.8. The van der Waals surface area contributed by atoms with Gasteiger partial charge in [-0.25, -0.2) is 4.98 Å². The lowest BCUT2D eigenvalue weighted by atomic mass is 10.2. The summed E-state index contributed by atoms with van der Waals surface area (Å²) in [5.41, 5.74) is 3.32. The highest BCUT2D eigenvalue weighted by atomic mass is 35.5. The number of H-pyrrole nitrogens is 1. The molecule has 2 N–H and O–H groups in total. The van der Waals surface area contributed by atoms with Gasteiger partial charge in [-0.15, -0.1) is 16.4 Å². The van der Waals surface area contributed by atoms with Gasteiger partial charge in [-0.1, -0.05) is 23.7 Å². The number of hydrogen-bond donors (Lipinski definition) is 2. The van der Waals surface area contributed by atoms with E-state index in [1.54, 1.807) is 11.6 Å². The second kappa shape index (κ2) is 5.75. The molecule has 1 aromatic carbocycles. The van der Waals surface area contributed by atoms with Crippen LogP contribution in [0.5, 0.6) is 0 Å². The molecule has 1 fully saturated rings. The van der Waals surface area contributed by atoms with E-state index in [0.717, 1.165) is 24.1 Å². The summed E-state index contributed by atoms with van der Waals surface area (Å²) in [5.74, 6) is 0.935. The SMILES string of the molecule is O=C(Nc1n[nH]c(-c2ccccc2Cl)n1)c1scnc1C1CC1. The van der Waals surface area contributed by atoms with Crippen molar-refractivity contribution in [2.75, 3.05) is 5.32 Å². The van der Waals surface area contributed by atoms with E-state index in [0.29, 0.717) is 21.6 Å². The van der Waals surface area contributed by atoms with Crippen LogP contribution in [0.2, 0.25) is 5.02 Å². The number of amides is 1. The minimum Gasteiger partial charge on any atom is -0.288 e. The molecule has 0 aliphatic heterocycles. The molecule has 0 saturated heterocycles. The van der Waals surface area contributed by atoms with Crippen LogP contribution >= 0.6 is 22.9 Å². The smallest absolute Gasteiger partial charge is 0.270 e. The Morgan fingerprint density at radius 1 is 1.35 bits per heavy atom. The van der Waals surface area contributed by atoms with Gasteiger partial charge in [0, 0.05) is 11.5 Å². The van der Waals surface area contributed by atoms with Crippen molar-refractivity contribution in [1.82, 2.24) is 20.2 Å². The van der Waals surface area contributed by atoms with Crippen LogP contribution in [0.15, 0.2) is 29.8 Å². The Morgan fingerprint density at radius 2 is 2.17 bits per heavy atom. The fourth-order valence-corrected chi connectivity index (χ4v) is 3.32. The number of benzene rings is 1. The third-order valence-electron chi connectivity index (χ3n) is 3.60. The second-order valence-electron chi connectivity index (χ2n) is 5.28. The van der Waals surface area contributed by atoms with E-state index in [1.807, 2.05) is 18.2 Å². The summed E-state index contributed by atoms with van der Waals surface area (Å²) in [6.45, 7) is 0. The summed E-state index contributed by atoms with van der Waals surface area (Å²) < 4.78 is 0. The molecule has 0 bridgehead atoms. The molecule has 1 aliphatic carbocycles. The molecule has 8 heteroatoms. The summed E-state index contributed by atoms with van der Waals surface area (Å²) in [6, 6.07) is 7.31. The maximum absolute atomic E-state index is 12.4. The highest BCUT2D eigenvalue weighted by Gasteiger charge is 2.30. The predicted molar refractivity (Wildman–Crippen MR) is 88.9 cm³/mol. The molecule has 2 aromatic heterocycles. The quantitative estimate of drug-likeness (QED) is 0.755. The van der Waals surface area contributed by atoms with Gasteiger partial charge in [0.05, 0.1) is 16.2 Å². The molecule has 23 heavy (non-hydrogen) atoms. The molecule has 1 amide bonds. The Kier molecular flexibility index (Phi) is 3.59. The van der Waals surface area contributed by atoms with Crippen molar-refractivity contribution >= 4 is 34.8 Å². The molecule has 1 saturated carbocycles. The maximum Gasteiger partial charge on any atom is 0.270 e. The molecule has 0 unspecified atom stereocenters. The number of halogens is 1. The molecule has 0 atom stereocenters. The number of aromatic nitrogens is 4. The van der Waals surface area contributed by atoms with Crippen molar-refractivity contribution < 1.29 is 4.79 Å². The standard InChI is InChI=1S/C15H12ClN5OS/c16-10-4-2-1-3-9(10)13-18-15(21-20-13)19-14(22)12-11(8-5-6-8)17-7-23-12/h1-4,7-8H,5-6H2,(H2,18,19,20,21,22). The van der Waals surface area contributed by atoms with Crippen LogP contribution in [0.3, 0.4) is 0 Å². The fraction of sp³-hybridized carbons (Fsp3) is 0.200. The minimum atomic E-state index is -0.223. The predicted octanol–water partition coefficient (Wildman–Crippen LogP) is 3.71. The van der Waals surface area contributed by atoms with Crippen LogP contribution in [-0.4, -0.2) is 26.1 Å². The van der Waals surface area contributed by atoms with Gasteiger partial charge in [0.25, 0.3) is 5.91 Å². The average Bonchev–Trinajstić information content (AvgIpc) is 3.09. The van der Waals surface area contributed by atoms with Crippen molar-refractivity contribution in [2.45, 2.75) is 18.8 Å². The summed E-state index contributed by atoms with van der Waals surface area (Å²) in [7, 11) is 0. The largest absolute Gasteiger partial charge is 0.288 e. The molecule has 3 aromatic rings. The zero-order valence-corrected chi connectivity index (χ0v) is 13.5. The van der Waals surface area contributed by atoms with Crippen molar-refractivity contribution in [1.29, 1.82) is 0 Å². The van der Waals surface area contributed by atoms with E-state index >= 15 is 0 Å². The van der Waals surface area contributed by atoms with Crippen LogP contribution in [0.1, 0.15) is 34.1 Å². The lowest BCUT2D eigenvalue weighted by Crippen LogP contribution is -2.13. The number of hydrogen-bond acceptors (Lipinski definition) is 5. The third-order valence-corrected chi connectivity index (χ3v) is 4.78. The zero-order valence-electron chi connectivity index (χ0n) is 11.9. The molecule has 0 radical (unpaired) electrons. The highest BCUT2D eigenvalue weighted by molar-refractivity contribution is 7.12. The molecule has 2 heterocycles. The molecule has 0 spiro atoms. The number of carbonyl (C=O) groups is 1. The Balaban J connectivity index is 1.55. The first-order chi connectivity index (χ1) is 11.2. The summed E-state index contributed by atoms with van der Waals surface area (Å²) in [4.78, 5) is 21.6. The summed E-state index contributed by atoms with van der Waals surface area (Å²) in [5, 5.41) is 10.1. The van der Waals surface area contributed by atoms with E-state index in [1.165, 1.54) is 11.3 Å². The monoisotopic (exact) mass is 345 g/mol. The lowest BCUT2D eigenvalue weighted by molar-refractivity contribution is 0.102. The van der Waals surface area contributed by atoms with Crippen LogP contribution in [-0.2, 0) is 0 Å². The van der Waals surface area contributed by atoms with Crippen molar-refractivity contribution in [2.24, 2.45) is 0 Å². The van der Waals surface area contributed by atoms with Gasteiger partial charge in [-0.2, -0.15) is 4.98 Å². The van der Waals surface area contributed by atoms with Crippen molar-refractivity contribution in [3.05, 3.63) is 45.4 Å². The first kappa shape index (κ1) is 14.3. The number of carbonyl (C=O) groups excluding carboxylic acids is 1.